The summed E-state index contributed by atoms with van der Waals surface area (Å²) in [6, 6.07) is 5.43. The number of hydrogen-bond donors (Lipinski definition) is 1. The SMILES string of the molecule is CCCN(CCO)S(=O)(=O)c1ccc2c(c1)CCC2. The van der Waals surface area contributed by atoms with Gasteiger partial charge in [-0.3, -0.25) is 0 Å². The first kappa shape index (κ1) is 14.5. The Kier molecular flexibility index (Phi) is 4.60. The predicted molar refractivity (Wildman–Crippen MR) is 74.6 cm³/mol. The largest absolute Gasteiger partial charge is 0.395 e. The highest BCUT2D eigenvalue weighted by molar-refractivity contribution is 7.89. The fourth-order valence-electron chi connectivity index (χ4n) is 2.57. The number of benzene rings is 1. The van der Waals surface area contributed by atoms with Gasteiger partial charge < -0.3 is 5.11 Å². The van der Waals surface area contributed by atoms with Crippen molar-refractivity contribution in [2.24, 2.45) is 0 Å². The lowest BCUT2D eigenvalue weighted by molar-refractivity contribution is 0.253. The van der Waals surface area contributed by atoms with Crippen LogP contribution in [-0.2, 0) is 22.9 Å². The number of aliphatic hydroxyl groups excluding tert-OH is 1. The maximum absolute atomic E-state index is 12.5. The maximum Gasteiger partial charge on any atom is 0.243 e. The van der Waals surface area contributed by atoms with Gasteiger partial charge in [-0.25, -0.2) is 8.42 Å². The molecule has 5 heteroatoms. The van der Waals surface area contributed by atoms with Crippen LogP contribution in [0, 0.1) is 0 Å². The number of hydrogen-bond acceptors (Lipinski definition) is 3. The maximum atomic E-state index is 12.5. The first-order valence-corrected chi connectivity index (χ1v) is 8.26. The van der Waals surface area contributed by atoms with Crippen LogP contribution in [0.1, 0.15) is 30.9 Å². The lowest BCUT2D eigenvalue weighted by Gasteiger charge is -2.21. The molecule has 1 aliphatic rings. The predicted octanol–water partition coefficient (Wildman–Crippen LogP) is 1.57. The molecule has 0 amide bonds. The van der Waals surface area contributed by atoms with Gasteiger partial charge in [-0.2, -0.15) is 4.31 Å². The molecule has 2 rings (SSSR count). The number of aryl methyl sites for hydroxylation is 2. The highest BCUT2D eigenvalue weighted by Crippen LogP contribution is 2.26. The van der Waals surface area contributed by atoms with E-state index in [9.17, 15) is 8.42 Å². The quantitative estimate of drug-likeness (QED) is 0.862. The van der Waals surface area contributed by atoms with Crippen molar-refractivity contribution in [2.75, 3.05) is 19.7 Å². The molecule has 0 fully saturated rings. The third-order valence-electron chi connectivity index (χ3n) is 3.53. The minimum absolute atomic E-state index is 0.149. The van der Waals surface area contributed by atoms with Gasteiger partial charge in [0, 0.05) is 13.1 Å². The van der Waals surface area contributed by atoms with Crippen LogP contribution < -0.4 is 0 Å². The lowest BCUT2D eigenvalue weighted by atomic mass is 10.1. The summed E-state index contributed by atoms with van der Waals surface area (Å²) in [5.41, 5.74) is 2.42. The summed E-state index contributed by atoms with van der Waals surface area (Å²) in [6.45, 7) is 2.39. The molecule has 0 bridgehead atoms. The van der Waals surface area contributed by atoms with Gasteiger partial charge in [0.15, 0.2) is 0 Å². The Bertz CT molecular complexity index is 534. The van der Waals surface area contributed by atoms with Gasteiger partial charge in [0.2, 0.25) is 10.0 Å². The van der Waals surface area contributed by atoms with E-state index in [0.29, 0.717) is 11.4 Å². The fraction of sp³-hybridized carbons (Fsp3) is 0.571. The van der Waals surface area contributed by atoms with Crippen LogP contribution in [-0.4, -0.2) is 37.5 Å². The minimum Gasteiger partial charge on any atom is -0.395 e. The second-order valence-corrected chi connectivity index (χ2v) is 6.85. The van der Waals surface area contributed by atoms with Gasteiger partial charge >= 0.3 is 0 Å². The van der Waals surface area contributed by atoms with Gasteiger partial charge in [-0.15, -0.1) is 0 Å². The van der Waals surface area contributed by atoms with Gasteiger partial charge in [-0.1, -0.05) is 13.0 Å². The molecule has 0 aromatic heterocycles. The average Bonchev–Trinajstić information content (AvgIpc) is 2.85. The van der Waals surface area contributed by atoms with Crippen molar-refractivity contribution in [3.05, 3.63) is 29.3 Å². The fourth-order valence-corrected chi connectivity index (χ4v) is 4.15. The first-order valence-electron chi connectivity index (χ1n) is 6.82. The highest BCUT2D eigenvalue weighted by Gasteiger charge is 2.24. The molecule has 0 aliphatic heterocycles. The molecule has 0 unspecified atom stereocenters. The highest BCUT2D eigenvalue weighted by atomic mass is 32.2. The molecule has 1 aromatic rings. The van der Waals surface area contributed by atoms with Crippen LogP contribution in [0.15, 0.2) is 23.1 Å². The molecule has 4 nitrogen and oxygen atoms in total. The Balaban J connectivity index is 2.32. The molecular weight excluding hydrogens is 262 g/mol. The third kappa shape index (κ3) is 2.99. The van der Waals surface area contributed by atoms with E-state index in [1.165, 1.54) is 9.87 Å². The Morgan fingerprint density at radius 3 is 2.63 bits per heavy atom. The molecule has 19 heavy (non-hydrogen) atoms. The monoisotopic (exact) mass is 283 g/mol. The Hall–Kier alpha value is -0.910. The lowest BCUT2D eigenvalue weighted by Crippen LogP contribution is -2.34. The van der Waals surface area contributed by atoms with Crippen molar-refractivity contribution >= 4 is 10.0 Å². The Morgan fingerprint density at radius 2 is 1.95 bits per heavy atom. The number of aliphatic hydroxyl groups is 1. The first-order chi connectivity index (χ1) is 9.09. The summed E-state index contributed by atoms with van der Waals surface area (Å²) in [5, 5.41) is 9.02. The number of sulfonamides is 1. The molecule has 0 radical (unpaired) electrons. The number of nitrogens with zero attached hydrogens (tertiary/aromatic N) is 1. The molecule has 0 saturated heterocycles. The molecular formula is C14H21NO3S. The zero-order chi connectivity index (χ0) is 13.9. The van der Waals surface area contributed by atoms with E-state index < -0.39 is 10.0 Å². The van der Waals surface area contributed by atoms with Gasteiger partial charge in [-0.05, 0) is 48.9 Å². The molecule has 0 atom stereocenters. The second-order valence-electron chi connectivity index (χ2n) is 4.91. The van der Waals surface area contributed by atoms with Crippen LogP contribution in [0.4, 0.5) is 0 Å². The van der Waals surface area contributed by atoms with E-state index in [0.717, 1.165) is 31.2 Å². The van der Waals surface area contributed by atoms with Crippen LogP contribution in [0.5, 0.6) is 0 Å². The van der Waals surface area contributed by atoms with E-state index in [-0.39, 0.29) is 13.2 Å². The van der Waals surface area contributed by atoms with Crippen molar-refractivity contribution in [1.82, 2.24) is 4.31 Å². The van der Waals surface area contributed by atoms with Crippen LogP contribution in [0.3, 0.4) is 0 Å². The summed E-state index contributed by atoms with van der Waals surface area (Å²) < 4.78 is 26.4. The van der Waals surface area contributed by atoms with Crippen molar-refractivity contribution < 1.29 is 13.5 Å². The minimum atomic E-state index is -3.47. The van der Waals surface area contributed by atoms with E-state index in [4.69, 9.17) is 5.11 Å². The smallest absolute Gasteiger partial charge is 0.243 e. The zero-order valence-electron chi connectivity index (χ0n) is 11.3. The number of fused-ring (bicyclic) bond motifs is 1. The van der Waals surface area contributed by atoms with Gasteiger partial charge in [0.1, 0.15) is 0 Å². The van der Waals surface area contributed by atoms with Crippen LogP contribution in [0.2, 0.25) is 0 Å². The summed E-state index contributed by atoms with van der Waals surface area (Å²) >= 11 is 0. The van der Waals surface area contributed by atoms with Crippen molar-refractivity contribution in [1.29, 1.82) is 0 Å². The van der Waals surface area contributed by atoms with Crippen molar-refractivity contribution in [3.8, 4) is 0 Å². The summed E-state index contributed by atoms with van der Waals surface area (Å²) in [6.07, 6.45) is 3.86. The van der Waals surface area contributed by atoms with E-state index in [1.54, 1.807) is 12.1 Å². The Morgan fingerprint density at radius 1 is 1.21 bits per heavy atom. The topological polar surface area (TPSA) is 57.6 Å². The van der Waals surface area contributed by atoms with Gasteiger partial charge in [0.05, 0.1) is 11.5 Å². The standard InChI is InChI=1S/C14H21NO3S/c1-2-8-15(9-10-16)19(17,18)14-7-6-12-4-3-5-13(12)11-14/h6-7,11,16H,2-5,8-10H2,1H3. The third-order valence-corrected chi connectivity index (χ3v) is 5.42. The van der Waals surface area contributed by atoms with Crippen molar-refractivity contribution in [2.45, 2.75) is 37.5 Å². The molecule has 1 aliphatic carbocycles. The molecule has 0 heterocycles. The Labute approximate surface area is 115 Å². The molecule has 106 valence electrons. The molecule has 1 N–H and O–H groups in total. The van der Waals surface area contributed by atoms with E-state index >= 15 is 0 Å². The normalized spacial score (nSPS) is 14.9. The van der Waals surface area contributed by atoms with Crippen LogP contribution in [0.25, 0.3) is 0 Å². The molecule has 0 spiro atoms. The second kappa shape index (κ2) is 6.03. The number of rotatable bonds is 6. The summed E-state index contributed by atoms with van der Waals surface area (Å²) in [4.78, 5) is 0.357. The van der Waals surface area contributed by atoms with E-state index in [1.807, 2.05) is 13.0 Å². The molecule has 1 aromatic carbocycles. The zero-order valence-corrected chi connectivity index (χ0v) is 12.1. The van der Waals surface area contributed by atoms with Gasteiger partial charge in [0.25, 0.3) is 0 Å². The average molecular weight is 283 g/mol. The molecule has 0 saturated carbocycles. The summed E-state index contributed by atoms with van der Waals surface area (Å²) in [7, 11) is -3.47. The summed E-state index contributed by atoms with van der Waals surface area (Å²) in [5.74, 6) is 0. The van der Waals surface area contributed by atoms with Crippen molar-refractivity contribution in [3.63, 3.8) is 0 Å². The van der Waals surface area contributed by atoms with E-state index in [2.05, 4.69) is 0 Å². The van der Waals surface area contributed by atoms with Crippen LogP contribution >= 0.6 is 0 Å².